The van der Waals surface area contributed by atoms with Crippen LogP contribution in [0.2, 0.25) is 0 Å². The van der Waals surface area contributed by atoms with E-state index in [0.717, 1.165) is 5.39 Å². The zero-order chi connectivity index (χ0) is 13.3. The lowest BCUT2D eigenvalue weighted by molar-refractivity contribution is 0.224. The number of benzene rings is 2. The van der Waals surface area contributed by atoms with Crippen LogP contribution in [0.1, 0.15) is 6.92 Å². The van der Waals surface area contributed by atoms with E-state index in [0.29, 0.717) is 11.1 Å². The molecule has 2 aromatic rings. The van der Waals surface area contributed by atoms with Crippen LogP contribution in [0.3, 0.4) is 0 Å². The average molecular weight is 267 g/mol. The number of hydrogen-bond donors (Lipinski definition) is 3. The molecule has 6 heteroatoms. The fourth-order valence-corrected chi connectivity index (χ4v) is 2.27. The van der Waals surface area contributed by atoms with Gasteiger partial charge in [-0.1, -0.05) is 18.2 Å². The Bertz CT molecular complexity index is 680. The molecule has 0 aliphatic carbocycles. The van der Waals surface area contributed by atoms with Crippen molar-refractivity contribution in [3.63, 3.8) is 0 Å². The summed E-state index contributed by atoms with van der Waals surface area (Å²) in [6, 6.07) is 9.64. The van der Waals surface area contributed by atoms with Crippen molar-refractivity contribution in [2.45, 2.75) is 18.0 Å². The zero-order valence-electron chi connectivity index (χ0n) is 9.66. The van der Waals surface area contributed by atoms with Crippen LogP contribution >= 0.6 is 0 Å². The van der Waals surface area contributed by atoms with Gasteiger partial charge in [-0.3, -0.25) is 4.55 Å². The molecular weight excluding hydrogens is 254 g/mol. The largest absolute Gasteiger partial charge is 0.374 e. The lowest BCUT2D eigenvalue weighted by Gasteiger charge is -2.12. The average Bonchev–Trinajstić information content (AvgIpc) is 2.27. The van der Waals surface area contributed by atoms with Crippen LogP contribution in [0.25, 0.3) is 10.8 Å². The fraction of sp³-hybridized carbons (Fsp3) is 0.167. The van der Waals surface area contributed by atoms with Crippen LogP contribution in [0.4, 0.5) is 5.69 Å². The van der Waals surface area contributed by atoms with E-state index in [-0.39, 0.29) is 4.90 Å². The van der Waals surface area contributed by atoms with Crippen molar-refractivity contribution < 1.29 is 18.1 Å². The summed E-state index contributed by atoms with van der Waals surface area (Å²) in [4.78, 5) is -0.171. The highest BCUT2D eigenvalue weighted by Crippen LogP contribution is 2.26. The number of aliphatic hydroxyl groups excluding tert-OH is 1. The molecule has 1 atom stereocenters. The Kier molecular flexibility index (Phi) is 3.25. The number of fused-ring (bicyclic) bond motifs is 1. The minimum absolute atomic E-state index is 0.171. The van der Waals surface area contributed by atoms with E-state index in [4.69, 9.17) is 4.55 Å². The SMILES string of the molecule is CC(O)Nc1cccc2ccc(S(=O)(=O)O)cc12. The van der Waals surface area contributed by atoms with E-state index in [2.05, 4.69) is 5.32 Å². The van der Waals surface area contributed by atoms with Crippen molar-refractivity contribution in [3.05, 3.63) is 36.4 Å². The van der Waals surface area contributed by atoms with Gasteiger partial charge >= 0.3 is 0 Å². The van der Waals surface area contributed by atoms with Gasteiger partial charge in [0.05, 0.1) is 4.90 Å². The van der Waals surface area contributed by atoms with Gasteiger partial charge in [0.1, 0.15) is 6.23 Å². The van der Waals surface area contributed by atoms with Crippen molar-refractivity contribution in [2.24, 2.45) is 0 Å². The fourth-order valence-electron chi connectivity index (χ4n) is 1.76. The molecule has 0 bridgehead atoms. The third kappa shape index (κ3) is 2.61. The first-order valence-electron chi connectivity index (χ1n) is 5.33. The maximum atomic E-state index is 11.1. The summed E-state index contributed by atoms with van der Waals surface area (Å²) in [7, 11) is -4.23. The van der Waals surface area contributed by atoms with E-state index in [9.17, 15) is 13.5 Å². The Morgan fingerprint density at radius 2 is 1.94 bits per heavy atom. The Morgan fingerprint density at radius 1 is 1.22 bits per heavy atom. The van der Waals surface area contributed by atoms with Gasteiger partial charge in [-0.15, -0.1) is 0 Å². The van der Waals surface area contributed by atoms with Gasteiger partial charge in [0.25, 0.3) is 10.1 Å². The van der Waals surface area contributed by atoms with Gasteiger partial charge in [0.15, 0.2) is 0 Å². The number of hydrogen-bond acceptors (Lipinski definition) is 4. The van der Waals surface area contributed by atoms with Gasteiger partial charge in [-0.05, 0) is 30.5 Å². The molecule has 0 saturated heterocycles. The molecule has 0 heterocycles. The molecule has 0 saturated carbocycles. The van der Waals surface area contributed by atoms with E-state index >= 15 is 0 Å². The molecule has 0 amide bonds. The van der Waals surface area contributed by atoms with Gasteiger partial charge in [-0.25, -0.2) is 0 Å². The monoisotopic (exact) mass is 267 g/mol. The molecular formula is C12H13NO4S. The topological polar surface area (TPSA) is 86.6 Å². The van der Waals surface area contributed by atoms with Crippen molar-refractivity contribution in [3.8, 4) is 0 Å². The first-order valence-corrected chi connectivity index (χ1v) is 6.77. The second-order valence-electron chi connectivity index (χ2n) is 3.98. The van der Waals surface area contributed by atoms with E-state index in [1.165, 1.54) is 12.1 Å². The van der Waals surface area contributed by atoms with E-state index < -0.39 is 16.3 Å². The first-order chi connectivity index (χ1) is 8.38. The van der Waals surface area contributed by atoms with E-state index in [1.54, 1.807) is 25.1 Å². The lowest BCUT2D eigenvalue weighted by atomic mass is 10.1. The van der Waals surface area contributed by atoms with Crippen LogP contribution in [-0.2, 0) is 10.1 Å². The Morgan fingerprint density at radius 3 is 2.56 bits per heavy atom. The standard InChI is InChI=1S/C12H13NO4S/c1-8(14)13-12-4-2-3-9-5-6-10(7-11(9)12)18(15,16)17/h2-8,13-14H,1H3,(H,15,16,17). The lowest BCUT2D eigenvalue weighted by Crippen LogP contribution is -2.13. The molecule has 0 aromatic heterocycles. The quantitative estimate of drug-likeness (QED) is 0.583. The third-order valence-corrected chi connectivity index (χ3v) is 3.37. The highest BCUT2D eigenvalue weighted by Gasteiger charge is 2.11. The molecule has 0 spiro atoms. The molecule has 0 radical (unpaired) electrons. The van der Waals surface area contributed by atoms with Gasteiger partial charge in [0.2, 0.25) is 0 Å². The van der Waals surface area contributed by atoms with E-state index in [1.807, 2.05) is 6.07 Å². The van der Waals surface area contributed by atoms with Gasteiger partial charge in [0, 0.05) is 11.1 Å². The summed E-state index contributed by atoms with van der Waals surface area (Å²) in [5.41, 5.74) is 0.605. The maximum absolute atomic E-state index is 11.1. The van der Waals surface area contributed by atoms with Crippen LogP contribution in [0, 0.1) is 0 Å². The molecule has 1 unspecified atom stereocenters. The minimum atomic E-state index is -4.23. The summed E-state index contributed by atoms with van der Waals surface area (Å²) in [5, 5.41) is 13.6. The smallest absolute Gasteiger partial charge is 0.294 e. The Balaban J connectivity index is 2.66. The molecule has 0 aliphatic rings. The summed E-state index contributed by atoms with van der Waals surface area (Å²) in [6.45, 7) is 1.56. The van der Waals surface area contributed by atoms with Crippen LogP contribution in [0.5, 0.6) is 0 Å². The van der Waals surface area contributed by atoms with Crippen LogP contribution in [-0.4, -0.2) is 24.3 Å². The maximum Gasteiger partial charge on any atom is 0.294 e. The second kappa shape index (κ2) is 4.56. The molecule has 0 aliphatic heterocycles. The molecule has 2 aromatic carbocycles. The van der Waals surface area contributed by atoms with Crippen LogP contribution in [0.15, 0.2) is 41.3 Å². The highest BCUT2D eigenvalue weighted by molar-refractivity contribution is 7.85. The van der Waals surface area contributed by atoms with Crippen LogP contribution < -0.4 is 5.32 Å². The zero-order valence-corrected chi connectivity index (χ0v) is 10.5. The molecule has 96 valence electrons. The highest BCUT2D eigenvalue weighted by atomic mass is 32.2. The Labute approximate surface area is 105 Å². The molecule has 2 rings (SSSR count). The van der Waals surface area contributed by atoms with Crippen molar-refractivity contribution in [1.82, 2.24) is 0 Å². The number of aliphatic hydroxyl groups is 1. The normalized spacial score (nSPS) is 13.5. The molecule has 3 N–H and O–H groups in total. The van der Waals surface area contributed by atoms with Crippen molar-refractivity contribution >= 4 is 26.6 Å². The Hall–Kier alpha value is -1.63. The number of nitrogens with one attached hydrogen (secondary N) is 1. The summed E-state index contributed by atoms with van der Waals surface area (Å²) >= 11 is 0. The number of anilines is 1. The predicted molar refractivity (Wildman–Crippen MR) is 69.1 cm³/mol. The first kappa shape index (κ1) is 12.8. The summed E-state index contributed by atoms with van der Waals surface area (Å²) < 4.78 is 31.2. The molecule has 18 heavy (non-hydrogen) atoms. The molecule has 0 fully saturated rings. The third-order valence-electron chi connectivity index (χ3n) is 2.52. The van der Waals surface area contributed by atoms with Crippen molar-refractivity contribution in [2.75, 3.05) is 5.32 Å². The van der Waals surface area contributed by atoms with Gasteiger partial charge < -0.3 is 10.4 Å². The van der Waals surface area contributed by atoms with Gasteiger partial charge in [-0.2, -0.15) is 8.42 Å². The molecule has 5 nitrogen and oxygen atoms in total. The summed E-state index contributed by atoms with van der Waals surface area (Å²) in [6.07, 6.45) is -0.759. The van der Waals surface area contributed by atoms with Crippen molar-refractivity contribution in [1.29, 1.82) is 0 Å². The number of rotatable bonds is 3. The minimum Gasteiger partial charge on any atom is -0.374 e. The summed E-state index contributed by atoms with van der Waals surface area (Å²) in [5.74, 6) is 0. The second-order valence-corrected chi connectivity index (χ2v) is 5.41. The predicted octanol–water partition coefficient (Wildman–Crippen LogP) is 1.84.